The van der Waals surface area contributed by atoms with Crippen LogP contribution in [0.4, 0.5) is 11.4 Å². The molecule has 12 nitrogen and oxygen atoms in total. The molecule has 0 radical (unpaired) electrons. The monoisotopic (exact) mass is 606 g/mol. The Bertz CT molecular complexity index is 1890. The van der Waals surface area contributed by atoms with E-state index in [0.717, 1.165) is 0 Å². The van der Waals surface area contributed by atoms with Crippen molar-refractivity contribution in [3.63, 3.8) is 0 Å². The Labute approximate surface area is 254 Å². The number of phenolic OH excluding ortho intramolecular Hbond substituents is 2. The van der Waals surface area contributed by atoms with Crippen LogP contribution in [0, 0.1) is 0 Å². The van der Waals surface area contributed by atoms with Crippen LogP contribution in [-0.2, 0) is 14.9 Å². The maximum atomic E-state index is 13.0. The second-order valence-electron chi connectivity index (χ2n) is 10.9. The SMILES string of the molecule is CC(C)(c1ccc(O)c(NC(=O)c2ccc3c(c2)C(=O)OC3=O)c1)c1ccc(O)c(NC(=O)c2ccc3c(c2)C(=O)OC3=O)c1. The summed E-state index contributed by atoms with van der Waals surface area (Å²) in [5.41, 5.74) is 0.817. The van der Waals surface area contributed by atoms with E-state index in [2.05, 4.69) is 20.1 Å². The number of aromatic hydroxyl groups is 2. The van der Waals surface area contributed by atoms with Gasteiger partial charge in [0.2, 0.25) is 0 Å². The van der Waals surface area contributed by atoms with E-state index < -0.39 is 41.1 Å². The highest BCUT2D eigenvalue weighted by Crippen LogP contribution is 2.39. The number of hydrogen-bond acceptors (Lipinski definition) is 10. The Hall–Kier alpha value is -6.30. The Morgan fingerprint density at radius 2 is 0.933 bits per heavy atom. The fourth-order valence-corrected chi connectivity index (χ4v) is 5.06. The fourth-order valence-electron chi connectivity index (χ4n) is 5.06. The predicted molar refractivity (Wildman–Crippen MR) is 157 cm³/mol. The molecule has 4 aromatic carbocycles. The molecule has 2 amide bonds. The molecule has 45 heavy (non-hydrogen) atoms. The number of rotatable bonds is 6. The number of nitrogens with one attached hydrogen (secondary N) is 2. The van der Waals surface area contributed by atoms with Crippen LogP contribution in [-0.4, -0.2) is 45.9 Å². The molecule has 2 heterocycles. The molecular weight excluding hydrogens is 584 g/mol. The summed E-state index contributed by atoms with van der Waals surface area (Å²) in [6.07, 6.45) is 0. The largest absolute Gasteiger partial charge is 0.506 e. The number of cyclic esters (lactones) is 4. The van der Waals surface area contributed by atoms with Crippen LogP contribution in [0.5, 0.6) is 11.5 Å². The van der Waals surface area contributed by atoms with Crippen molar-refractivity contribution in [2.75, 3.05) is 10.6 Å². The molecule has 224 valence electrons. The van der Waals surface area contributed by atoms with Crippen molar-refractivity contribution in [2.24, 2.45) is 0 Å². The topological polar surface area (TPSA) is 185 Å². The van der Waals surface area contributed by atoms with Gasteiger partial charge in [-0.1, -0.05) is 26.0 Å². The lowest BCUT2D eigenvalue weighted by molar-refractivity contribution is 0.0425. The predicted octanol–water partition coefficient (Wildman–Crippen LogP) is 4.55. The van der Waals surface area contributed by atoms with E-state index in [4.69, 9.17) is 0 Å². The minimum atomic E-state index is -0.853. The number of carbonyl (C=O) groups excluding carboxylic acids is 6. The summed E-state index contributed by atoms with van der Waals surface area (Å²) in [6.45, 7) is 3.71. The molecule has 0 bridgehead atoms. The first kappa shape index (κ1) is 28.8. The second kappa shape index (κ2) is 10.5. The molecule has 0 atom stereocenters. The molecular formula is C33H22N2O10. The number of benzene rings is 4. The van der Waals surface area contributed by atoms with Crippen molar-refractivity contribution in [3.8, 4) is 11.5 Å². The number of esters is 4. The van der Waals surface area contributed by atoms with E-state index in [9.17, 15) is 39.0 Å². The van der Waals surface area contributed by atoms with Crippen molar-refractivity contribution in [3.05, 3.63) is 117 Å². The number of amides is 2. The third kappa shape index (κ3) is 5.03. The van der Waals surface area contributed by atoms with Crippen molar-refractivity contribution in [1.82, 2.24) is 0 Å². The average Bonchev–Trinajstić information content (AvgIpc) is 3.46. The molecule has 0 spiro atoms. The van der Waals surface area contributed by atoms with Gasteiger partial charge in [0.25, 0.3) is 11.8 Å². The zero-order valence-electron chi connectivity index (χ0n) is 23.6. The third-order valence-electron chi connectivity index (χ3n) is 7.75. The Morgan fingerprint density at radius 1 is 0.556 bits per heavy atom. The average molecular weight is 607 g/mol. The highest BCUT2D eigenvalue weighted by atomic mass is 16.6. The number of fused-ring (bicyclic) bond motifs is 2. The molecule has 0 fully saturated rings. The minimum Gasteiger partial charge on any atom is -0.506 e. The molecule has 6 rings (SSSR count). The highest BCUT2D eigenvalue weighted by molar-refractivity contribution is 6.17. The van der Waals surface area contributed by atoms with Gasteiger partial charge in [-0.2, -0.15) is 0 Å². The first-order valence-electron chi connectivity index (χ1n) is 13.4. The van der Waals surface area contributed by atoms with Crippen LogP contribution >= 0.6 is 0 Å². The van der Waals surface area contributed by atoms with Crippen molar-refractivity contribution >= 4 is 47.1 Å². The summed E-state index contributed by atoms with van der Waals surface area (Å²) in [5.74, 6) is -5.03. The van der Waals surface area contributed by atoms with Crippen LogP contribution in [0.2, 0.25) is 0 Å². The van der Waals surface area contributed by atoms with Gasteiger partial charge in [0.1, 0.15) is 11.5 Å². The summed E-state index contributed by atoms with van der Waals surface area (Å²) < 4.78 is 9.13. The maximum absolute atomic E-state index is 13.0. The molecule has 0 aliphatic carbocycles. The van der Waals surface area contributed by atoms with Crippen LogP contribution in [0.25, 0.3) is 0 Å². The van der Waals surface area contributed by atoms with Crippen molar-refractivity contribution < 1.29 is 48.5 Å². The fraction of sp³-hybridized carbons (Fsp3) is 0.0909. The van der Waals surface area contributed by atoms with Crippen molar-refractivity contribution in [1.29, 1.82) is 0 Å². The highest BCUT2D eigenvalue weighted by Gasteiger charge is 2.32. The Morgan fingerprint density at radius 3 is 1.33 bits per heavy atom. The third-order valence-corrected chi connectivity index (χ3v) is 7.75. The van der Waals surface area contributed by atoms with Gasteiger partial charge in [0.15, 0.2) is 0 Å². The number of carbonyl (C=O) groups is 6. The summed E-state index contributed by atoms with van der Waals surface area (Å²) in [6, 6.07) is 17.1. The quantitative estimate of drug-likeness (QED) is 0.138. The lowest BCUT2D eigenvalue weighted by Crippen LogP contribution is -2.21. The molecule has 0 saturated carbocycles. The van der Waals surface area contributed by atoms with Gasteiger partial charge < -0.3 is 30.3 Å². The van der Waals surface area contributed by atoms with Crippen LogP contribution in [0.15, 0.2) is 72.8 Å². The number of ether oxygens (including phenoxy) is 2. The van der Waals surface area contributed by atoms with Crippen LogP contribution in [0.3, 0.4) is 0 Å². The first-order valence-corrected chi connectivity index (χ1v) is 13.4. The molecule has 0 unspecified atom stereocenters. The van der Waals surface area contributed by atoms with Gasteiger partial charge in [0.05, 0.1) is 33.6 Å². The van der Waals surface area contributed by atoms with Gasteiger partial charge in [-0.05, 0) is 71.8 Å². The first-order chi connectivity index (χ1) is 21.3. The zero-order valence-corrected chi connectivity index (χ0v) is 23.6. The number of hydrogen-bond donors (Lipinski definition) is 4. The molecule has 4 N–H and O–H groups in total. The van der Waals surface area contributed by atoms with E-state index in [-0.39, 0.29) is 56.3 Å². The smallest absolute Gasteiger partial charge is 0.346 e. The van der Waals surface area contributed by atoms with E-state index in [1.54, 1.807) is 24.3 Å². The van der Waals surface area contributed by atoms with E-state index in [1.807, 2.05) is 13.8 Å². The summed E-state index contributed by atoms with van der Waals surface area (Å²) in [4.78, 5) is 73.3. The Kier molecular flexibility index (Phi) is 6.69. The summed E-state index contributed by atoms with van der Waals surface area (Å²) >= 11 is 0. The van der Waals surface area contributed by atoms with E-state index in [0.29, 0.717) is 11.1 Å². The molecule has 2 aliphatic rings. The van der Waals surface area contributed by atoms with Crippen LogP contribution < -0.4 is 10.6 Å². The molecule has 0 saturated heterocycles. The Balaban J connectivity index is 1.24. The van der Waals surface area contributed by atoms with Gasteiger partial charge >= 0.3 is 23.9 Å². The number of anilines is 2. The zero-order chi connectivity index (χ0) is 32.2. The van der Waals surface area contributed by atoms with E-state index >= 15 is 0 Å². The standard InChI is InChI=1S/C33H22N2O10/c1-33(2,17-5-9-25(36)23(13-17)34-27(38)15-3-7-19-21(11-15)31(42)44-29(19)40)18-6-10-26(37)24(14-18)35-28(39)16-4-8-20-22(12-16)32(43)45-30(20)41/h3-14,36-37H,1-2H3,(H,34,38)(H,35,39). The van der Waals surface area contributed by atoms with Gasteiger partial charge in [0, 0.05) is 16.5 Å². The summed E-state index contributed by atoms with van der Waals surface area (Å²) in [7, 11) is 0. The maximum Gasteiger partial charge on any atom is 0.346 e. The minimum absolute atomic E-state index is 0.0317. The van der Waals surface area contributed by atoms with E-state index in [1.165, 1.54) is 48.5 Å². The van der Waals surface area contributed by atoms with Gasteiger partial charge in [-0.25, -0.2) is 19.2 Å². The van der Waals surface area contributed by atoms with Crippen LogP contribution in [0.1, 0.15) is 87.1 Å². The van der Waals surface area contributed by atoms with Gasteiger partial charge in [-0.15, -0.1) is 0 Å². The molecule has 0 aromatic heterocycles. The number of phenols is 2. The van der Waals surface area contributed by atoms with Crippen molar-refractivity contribution in [2.45, 2.75) is 19.3 Å². The molecule has 4 aromatic rings. The summed E-state index contributed by atoms with van der Waals surface area (Å²) in [5, 5.41) is 26.3. The lowest BCUT2D eigenvalue weighted by Gasteiger charge is -2.27. The normalized spacial score (nSPS) is 13.6. The molecule has 2 aliphatic heterocycles. The second-order valence-corrected chi connectivity index (χ2v) is 10.9. The van der Waals surface area contributed by atoms with Gasteiger partial charge in [-0.3, -0.25) is 9.59 Å². The molecule has 12 heteroatoms. The lowest BCUT2D eigenvalue weighted by atomic mass is 9.77.